The third-order valence-electron chi connectivity index (χ3n) is 3.58. The van der Waals surface area contributed by atoms with Crippen LogP contribution in [-0.4, -0.2) is 27.3 Å². The van der Waals surface area contributed by atoms with E-state index in [2.05, 4.69) is 15.4 Å². The minimum Gasteiger partial charge on any atom is -0.326 e. The Kier molecular flexibility index (Phi) is 6.48. The lowest BCUT2D eigenvalue weighted by Gasteiger charge is -2.09. The molecule has 0 aromatic heterocycles. The Morgan fingerprint density at radius 1 is 0.962 bits per heavy atom. The zero-order valence-corrected chi connectivity index (χ0v) is 15.4. The second-order valence-corrected chi connectivity index (χ2v) is 7.45. The lowest BCUT2D eigenvalue weighted by molar-refractivity contribution is -0.116. The number of nitrogens with one attached hydrogen (secondary N) is 3. The lowest BCUT2D eigenvalue weighted by Crippen LogP contribution is -2.18. The van der Waals surface area contributed by atoms with Gasteiger partial charge in [0.15, 0.2) is 0 Å². The summed E-state index contributed by atoms with van der Waals surface area (Å²) in [6.45, 7) is 1.91. The number of amides is 2. The van der Waals surface area contributed by atoms with E-state index in [9.17, 15) is 18.0 Å². The SMILES string of the molecule is CCCC(=O)Nc1cccc(C(=O)Nc2ccc(S(=O)(=O)NC)cc2)c1. The number of rotatable bonds is 7. The molecule has 0 aliphatic carbocycles. The predicted molar refractivity (Wildman–Crippen MR) is 101 cm³/mol. The Hall–Kier alpha value is -2.71. The van der Waals surface area contributed by atoms with Crippen LogP contribution >= 0.6 is 0 Å². The Balaban J connectivity index is 2.09. The Bertz CT molecular complexity index is 893. The first-order valence-electron chi connectivity index (χ1n) is 8.10. The second-order valence-electron chi connectivity index (χ2n) is 5.57. The maximum absolute atomic E-state index is 12.4. The van der Waals surface area contributed by atoms with Crippen molar-refractivity contribution in [2.24, 2.45) is 0 Å². The van der Waals surface area contributed by atoms with Gasteiger partial charge in [0.2, 0.25) is 15.9 Å². The molecule has 0 spiro atoms. The van der Waals surface area contributed by atoms with Crippen molar-refractivity contribution in [3.05, 3.63) is 54.1 Å². The quantitative estimate of drug-likeness (QED) is 0.692. The first-order chi connectivity index (χ1) is 12.4. The number of carbonyl (C=O) groups is 2. The molecule has 0 radical (unpaired) electrons. The molecule has 8 heteroatoms. The average molecular weight is 375 g/mol. The molecule has 0 unspecified atom stereocenters. The maximum atomic E-state index is 12.4. The molecule has 2 aromatic carbocycles. The first kappa shape index (κ1) is 19.6. The molecule has 0 bridgehead atoms. The molecule has 0 aliphatic heterocycles. The Morgan fingerprint density at radius 3 is 2.27 bits per heavy atom. The van der Waals surface area contributed by atoms with Gasteiger partial charge in [0.25, 0.3) is 5.91 Å². The van der Waals surface area contributed by atoms with Crippen molar-refractivity contribution >= 4 is 33.2 Å². The first-order valence-corrected chi connectivity index (χ1v) is 9.59. The van der Waals surface area contributed by atoms with Crippen molar-refractivity contribution in [2.75, 3.05) is 17.7 Å². The number of anilines is 2. The number of benzene rings is 2. The fraction of sp³-hybridized carbons (Fsp3) is 0.222. The fourth-order valence-corrected chi connectivity index (χ4v) is 2.96. The van der Waals surface area contributed by atoms with Crippen LogP contribution < -0.4 is 15.4 Å². The molecular weight excluding hydrogens is 354 g/mol. The van der Waals surface area contributed by atoms with E-state index < -0.39 is 10.0 Å². The summed E-state index contributed by atoms with van der Waals surface area (Å²) in [6, 6.07) is 12.4. The van der Waals surface area contributed by atoms with Crippen molar-refractivity contribution in [3.63, 3.8) is 0 Å². The van der Waals surface area contributed by atoms with E-state index in [1.165, 1.54) is 31.3 Å². The summed E-state index contributed by atoms with van der Waals surface area (Å²) < 4.78 is 25.6. The van der Waals surface area contributed by atoms with E-state index in [1.807, 2.05) is 6.92 Å². The third kappa shape index (κ3) is 5.14. The molecule has 2 rings (SSSR count). The summed E-state index contributed by atoms with van der Waals surface area (Å²) in [7, 11) is -2.19. The summed E-state index contributed by atoms with van der Waals surface area (Å²) in [5.74, 6) is -0.466. The highest BCUT2D eigenvalue weighted by atomic mass is 32.2. The summed E-state index contributed by atoms with van der Waals surface area (Å²) in [4.78, 5) is 24.1. The Morgan fingerprint density at radius 2 is 1.65 bits per heavy atom. The minimum absolute atomic E-state index is 0.105. The van der Waals surface area contributed by atoms with E-state index >= 15 is 0 Å². The molecule has 26 heavy (non-hydrogen) atoms. The molecule has 7 nitrogen and oxygen atoms in total. The molecule has 0 atom stereocenters. The predicted octanol–water partition coefficient (Wildman–Crippen LogP) is 2.59. The van der Waals surface area contributed by atoms with Crippen molar-refractivity contribution in [1.29, 1.82) is 0 Å². The van der Waals surface area contributed by atoms with Gasteiger partial charge in [-0.05, 0) is 55.9 Å². The van der Waals surface area contributed by atoms with Crippen LogP contribution in [0, 0.1) is 0 Å². The molecule has 2 amide bonds. The van der Waals surface area contributed by atoms with Gasteiger partial charge < -0.3 is 10.6 Å². The van der Waals surface area contributed by atoms with E-state index in [1.54, 1.807) is 24.3 Å². The maximum Gasteiger partial charge on any atom is 0.255 e. The molecule has 0 saturated carbocycles. The lowest BCUT2D eigenvalue weighted by atomic mass is 10.1. The van der Waals surface area contributed by atoms with Crippen molar-refractivity contribution in [2.45, 2.75) is 24.7 Å². The van der Waals surface area contributed by atoms with Crippen LogP contribution in [0.4, 0.5) is 11.4 Å². The summed E-state index contributed by atoms with van der Waals surface area (Å²) in [5.41, 5.74) is 1.39. The standard InChI is InChI=1S/C18H21N3O4S/c1-3-5-17(22)20-15-7-4-6-13(12-15)18(23)21-14-8-10-16(11-9-14)26(24,25)19-2/h4,6-12,19H,3,5H2,1-2H3,(H,20,22)(H,21,23). The van der Waals surface area contributed by atoms with Crippen LogP contribution in [0.5, 0.6) is 0 Å². The van der Waals surface area contributed by atoms with Crippen molar-refractivity contribution < 1.29 is 18.0 Å². The van der Waals surface area contributed by atoms with Gasteiger partial charge in [0.05, 0.1) is 4.90 Å². The van der Waals surface area contributed by atoms with E-state index in [4.69, 9.17) is 0 Å². The summed E-state index contributed by atoms with van der Waals surface area (Å²) in [5, 5.41) is 5.43. The monoisotopic (exact) mass is 375 g/mol. The fourth-order valence-electron chi connectivity index (χ4n) is 2.23. The van der Waals surface area contributed by atoms with Gasteiger partial charge in [0.1, 0.15) is 0 Å². The van der Waals surface area contributed by atoms with Crippen LogP contribution in [0.1, 0.15) is 30.1 Å². The molecular formula is C18H21N3O4S. The van der Waals surface area contributed by atoms with Gasteiger partial charge in [-0.2, -0.15) is 0 Å². The highest BCUT2D eigenvalue weighted by Crippen LogP contribution is 2.16. The number of hydrogen-bond acceptors (Lipinski definition) is 4. The van der Waals surface area contributed by atoms with Gasteiger partial charge in [-0.15, -0.1) is 0 Å². The van der Waals surface area contributed by atoms with Gasteiger partial charge in [-0.3, -0.25) is 9.59 Å². The van der Waals surface area contributed by atoms with Gasteiger partial charge in [-0.25, -0.2) is 13.1 Å². The second kappa shape index (κ2) is 8.59. The molecule has 0 saturated heterocycles. The van der Waals surface area contributed by atoms with E-state index in [0.29, 0.717) is 23.4 Å². The number of carbonyl (C=O) groups excluding carboxylic acids is 2. The molecule has 3 N–H and O–H groups in total. The van der Waals surface area contributed by atoms with Crippen LogP contribution in [0.25, 0.3) is 0 Å². The molecule has 2 aromatic rings. The van der Waals surface area contributed by atoms with Crippen LogP contribution in [0.2, 0.25) is 0 Å². The average Bonchev–Trinajstić information content (AvgIpc) is 2.62. The van der Waals surface area contributed by atoms with Gasteiger partial charge >= 0.3 is 0 Å². The van der Waals surface area contributed by atoms with Crippen molar-refractivity contribution in [1.82, 2.24) is 4.72 Å². The van der Waals surface area contributed by atoms with Crippen molar-refractivity contribution in [3.8, 4) is 0 Å². The van der Waals surface area contributed by atoms with Crippen LogP contribution in [-0.2, 0) is 14.8 Å². The number of sulfonamides is 1. The van der Waals surface area contributed by atoms with E-state index in [-0.39, 0.29) is 16.7 Å². The molecule has 0 fully saturated rings. The smallest absolute Gasteiger partial charge is 0.255 e. The molecule has 0 heterocycles. The summed E-state index contributed by atoms with van der Waals surface area (Å²) in [6.07, 6.45) is 1.16. The minimum atomic E-state index is -3.52. The number of hydrogen-bond donors (Lipinski definition) is 3. The van der Waals surface area contributed by atoms with Crippen LogP contribution in [0.15, 0.2) is 53.4 Å². The zero-order chi connectivity index (χ0) is 19.2. The third-order valence-corrected chi connectivity index (χ3v) is 5.01. The van der Waals surface area contributed by atoms with Gasteiger partial charge in [-0.1, -0.05) is 13.0 Å². The highest BCUT2D eigenvalue weighted by Gasteiger charge is 2.12. The molecule has 138 valence electrons. The van der Waals surface area contributed by atoms with Crippen LogP contribution in [0.3, 0.4) is 0 Å². The normalized spacial score (nSPS) is 11.0. The zero-order valence-electron chi connectivity index (χ0n) is 14.6. The Labute approximate surface area is 152 Å². The van der Waals surface area contributed by atoms with Gasteiger partial charge in [0, 0.05) is 23.4 Å². The largest absolute Gasteiger partial charge is 0.326 e. The summed E-state index contributed by atoms with van der Waals surface area (Å²) >= 11 is 0. The topological polar surface area (TPSA) is 104 Å². The van der Waals surface area contributed by atoms with E-state index in [0.717, 1.165) is 6.42 Å². The molecule has 0 aliphatic rings. The highest BCUT2D eigenvalue weighted by molar-refractivity contribution is 7.89.